The lowest BCUT2D eigenvalue weighted by Crippen LogP contribution is -2.46. The Bertz CT molecular complexity index is 278. The molecule has 1 heterocycles. The minimum atomic E-state index is -0.161. The van der Waals surface area contributed by atoms with E-state index >= 15 is 0 Å². The monoisotopic (exact) mass is 211 g/mol. The normalized spacial score (nSPS) is 25.9. The largest absolute Gasteiger partial charge is 0.396 e. The minimum absolute atomic E-state index is 0.0709. The standard InChI is InChI=1S/C11H17NO3/c1-8-4-9(14)12(10(15)5-8)6-11(7-13)2-3-11/h8,13H,2-7H2,1H3. The molecule has 4 heteroatoms. The third-order valence-electron chi connectivity index (χ3n) is 3.43. The van der Waals surface area contributed by atoms with Crippen molar-refractivity contribution in [1.29, 1.82) is 0 Å². The molecule has 1 aliphatic carbocycles. The van der Waals surface area contributed by atoms with Gasteiger partial charge in [-0.15, -0.1) is 0 Å². The first-order valence-corrected chi connectivity index (χ1v) is 5.50. The number of imide groups is 1. The van der Waals surface area contributed by atoms with Crippen LogP contribution >= 0.6 is 0 Å². The number of hydrogen-bond donors (Lipinski definition) is 1. The number of aliphatic hydroxyl groups excluding tert-OH is 1. The van der Waals surface area contributed by atoms with Gasteiger partial charge < -0.3 is 5.11 Å². The average molecular weight is 211 g/mol. The van der Waals surface area contributed by atoms with Crippen LogP contribution in [0.1, 0.15) is 32.6 Å². The van der Waals surface area contributed by atoms with Crippen molar-refractivity contribution in [1.82, 2.24) is 4.90 Å². The summed E-state index contributed by atoms with van der Waals surface area (Å²) in [4.78, 5) is 24.7. The summed E-state index contributed by atoms with van der Waals surface area (Å²) >= 11 is 0. The molecule has 0 aromatic carbocycles. The first-order valence-electron chi connectivity index (χ1n) is 5.50. The summed E-state index contributed by atoms with van der Waals surface area (Å²) in [6.07, 6.45) is 2.78. The molecule has 1 aliphatic heterocycles. The third kappa shape index (κ3) is 2.04. The van der Waals surface area contributed by atoms with Gasteiger partial charge in [-0.3, -0.25) is 14.5 Å². The van der Waals surface area contributed by atoms with Crippen molar-refractivity contribution in [3.8, 4) is 0 Å². The van der Waals surface area contributed by atoms with E-state index in [0.29, 0.717) is 19.4 Å². The van der Waals surface area contributed by atoms with Crippen LogP contribution in [0.4, 0.5) is 0 Å². The first-order chi connectivity index (χ1) is 7.06. The molecule has 0 radical (unpaired) electrons. The molecule has 0 unspecified atom stereocenters. The maximum Gasteiger partial charge on any atom is 0.229 e. The van der Waals surface area contributed by atoms with E-state index in [4.69, 9.17) is 5.11 Å². The highest BCUT2D eigenvalue weighted by atomic mass is 16.3. The van der Waals surface area contributed by atoms with Crippen LogP contribution in [0.5, 0.6) is 0 Å². The number of amides is 2. The Balaban J connectivity index is 2.02. The van der Waals surface area contributed by atoms with Crippen molar-refractivity contribution in [2.24, 2.45) is 11.3 Å². The van der Waals surface area contributed by atoms with Crippen LogP contribution in [0, 0.1) is 11.3 Å². The van der Waals surface area contributed by atoms with E-state index in [0.717, 1.165) is 12.8 Å². The van der Waals surface area contributed by atoms with Gasteiger partial charge in [0, 0.05) is 24.8 Å². The number of likely N-dealkylation sites (tertiary alicyclic amines) is 1. The number of hydrogen-bond acceptors (Lipinski definition) is 3. The molecule has 1 saturated carbocycles. The second-order valence-corrected chi connectivity index (χ2v) is 5.05. The lowest BCUT2D eigenvalue weighted by atomic mass is 9.96. The summed E-state index contributed by atoms with van der Waals surface area (Å²) in [6, 6.07) is 0. The lowest BCUT2D eigenvalue weighted by molar-refractivity contribution is -0.151. The SMILES string of the molecule is CC1CC(=O)N(CC2(CO)CC2)C(=O)C1. The number of carbonyl (C=O) groups is 2. The van der Waals surface area contributed by atoms with Gasteiger partial charge in [0.2, 0.25) is 11.8 Å². The zero-order valence-electron chi connectivity index (χ0n) is 9.03. The summed E-state index contributed by atoms with van der Waals surface area (Å²) in [5, 5.41) is 9.16. The van der Waals surface area contributed by atoms with Crippen molar-refractivity contribution in [3.05, 3.63) is 0 Å². The number of aliphatic hydroxyl groups is 1. The van der Waals surface area contributed by atoms with Gasteiger partial charge in [-0.1, -0.05) is 6.92 Å². The highest BCUT2D eigenvalue weighted by molar-refractivity contribution is 5.97. The molecule has 1 N–H and O–H groups in total. The summed E-state index contributed by atoms with van der Waals surface area (Å²) < 4.78 is 0. The Morgan fingerprint density at radius 3 is 2.27 bits per heavy atom. The molecular weight excluding hydrogens is 194 g/mol. The molecule has 1 saturated heterocycles. The van der Waals surface area contributed by atoms with Crippen LogP contribution in [-0.2, 0) is 9.59 Å². The molecule has 4 nitrogen and oxygen atoms in total. The molecule has 15 heavy (non-hydrogen) atoms. The van der Waals surface area contributed by atoms with Crippen molar-refractivity contribution in [3.63, 3.8) is 0 Å². The zero-order valence-corrected chi connectivity index (χ0v) is 9.03. The van der Waals surface area contributed by atoms with Crippen molar-refractivity contribution < 1.29 is 14.7 Å². The smallest absolute Gasteiger partial charge is 0.229 e. The topological polar surface area (TPSA) is 57.6 Å². The summed E-state index contributed by atoms with van der Waals surface area (Å²) in [6.45, 7) is 2.43. The maximum atomic E-state index is 11.7. The van der Waals surface area contributed by atoms with Crippen LogP contribution in [-0.4, -0.2) is 35.0 Å². The maximum absolute atomic E-state index is 11.7. The molecule has 2 aliphatic rings. The lowest BCUT2D eigenvalue weighted by Gasteiger charge is -2.30. The van der Waals surface area contributed by atoms with E-state index < -0.39 is 0 Å². The van der Waals surface area contributed by atoms with Gasteiger partial charge in [0.1, 0.15) is 0 Å². The van der Waals surface area contributed by atoms with E-state index in [1.807, 2.05) is 6.92 Å². The van der Waals surface area contributed by atoms with E-state index in [2.05, 4.69) is 0 Å². The van der Waals surface area contributed by atoms with Gasteiger partial charge in [0.25, 0.3) is 0 Å². The van der Waals surface area contributed by atoms with Crippen LogP contribution in [0.15, 0.2) is 0 Å². The molecule has 84 valence electrons. The van der Waals surface area contributed by atoms with Crippen LogP contribution in [0.2, 0.25) is 0 Å². The Morgan fingerprint density at radius 2 is 1.87 bits per heavy atom. The van der Waals surface area contributed by atoms with Gasteiger partial charge in [-0.2, -0.15) is 0 Å². The van der Waals surface area contributed by atoms with Crippen molar-refractivity contribution in [2.45, 2.75) is 32.6 Å². The van der Waals surface area contributed by atoms with Crippen LogP contribution in [0.25, 0.3) is 0 Å². The Labute approximate surface area is 89.3 Å². The van der Waals surface area contributed by atoms with Crippen LogP contribution < -0.4 is 0 Å². The van der Waals surface area contributed by atoms with Gasteiger partial charge in [0.05, 0.1) is 6.61 Å². The minimum Gasteiger partial charge on any atom is -0.396 e. The molecule has 2 rings (SSSR count). The molecule has 0 aromatic heterocycles. The first kappa shape index (κ1) is 10.6. The fraction of sp³-hybridized carbons (Fsp3) is 0.818. The van der Waals surface area contributed by atoms with Crippen molar-refractivity contribution in [2.75, 3.05) is 13.2 Å². The van der Waals surface area contributed by atoms with Crippen molar-refractivity contribution >= 4 is 11.8 Å². The number of nitrogens with zero attached hydrogens (tertiary/aromatic N) is 1. The fourth-order valence-electron chi connectivity index (χ4n) is 2.08. The summed E-state index contributed by atoms with van der Waals surface area (Å²) in [5.41, 5.74) is -0.161. The van der Waals surface area contributed by atoms with E-state index in [9.17, 15) is 9.59 Å². The number of rotatable bonds is 3. The second-order valence-electron chi connectivity index (χ2n) is 5.05. The highest BCUT2D eigenvalue weighted by Crippen LogP contribution is 2.46. The van der Waals surface area contributed by atoms with E-state index in [-0.39, 0.29) is 29.8 Å². The molecular formula is C11H17NO3. The molecule has 2 amide bonds. The highest BCUT2D eigenvalue weighted by Gasteiger charge is 2.46. The number of carbonyl (C=O) groups excluding carboxylic acids is 2. The van der Waals surface area contributed by atoms with Gasteiger partial charge in [0.15, 0.2) is 0 Å². The Kier molecular flexibility index (Phi) is 2.54. The molecule has 0 bridgehead atoms. The van der Waals surface area contributed by atoms with E-state index in [1.54, 1.807) is 0 Å². The predicted octanol–water partition coefficient (Wildman–Crippen LogP) is 0.544. The molecule has 0 spiro atoms. The van der Waals surface area contributed by atoms with Gasteiger partial charge in [-0.05, 0) is 18.8 Å². The third-order valence-corrected chi connectivity index (χ3v) is 3.43. The van der Waals surface area contributed by atoms with E-state index in [1.165, 1.54) is 4.90 Å². The average Bonchev–Trinajstić information content (AvgIpc) is 2.92. The zero-order chi connectivity index (χ0) is 11.1. The number of piperidine rings is 1. The fourth-order valence-corrected chi connectivity index (χ4v) is 2.08. The van der Waals surface area contributed by atoms with Gasteiger partial charge in [-0.25, -0.2) is 0 Å². The summed E-state index contributed by atoms with van der Waals surface area (Å²) in [5.74, 6) is 0.0301. The van der Waals surface area contributed by atoms with Gasteiger partial charge >= 0.3 is 0 Å². The quantitative estimate of drug-likeness (QED) is 0.693. The Hall–Kier alpha value is -0.900. The molecule has 0 atom stereocenters. The summed E-state index contributed by atoms with van der Waals surface area (Å²) in [7, 11) is 0. The second kappa shape index (κ2) is 3.59. The Morgan fingerprint density at radius 1 is 1.33 bits per heavy atom. The van der Waals surface area contributed by atoms with Crippen LogP contribution in [0.3, 0.4) is 0 Å². The predicted molar refractivity (Wildman–Crippen MR) is 53.9 cm³/mol. The molecule has 2 fully saturated rings. The molecule has 0 aromatic rings.